The van der Waals surface area contributed by atoms with Crippen molar-refractivity contribution in [3.8, 4) is 0 Å². The highest BCUT2D eigenvalue weighted by Gasteiger charge is 2.34. The van der Waals surface area contributed by atoms with Crippen LogP contribution in [0.5, 0.6) is 0 Å². The normalized spacial score (nSPS) is 32.5. The van der Waals surface area contributed by atoms with Crippen LogP contribution in [0.15, 0.2) is 12.7 Å². The highest BCUT2D eigenvalue weighted by Crippen LogP contribution is 2.39. The van der Waals surface area contributed by atoms with Gasteiger partial charge in [-0.1, -0.05) is 19.4 Å². The van der Waals surface area contributed by atoms with Gasteiger partial charge in [-0.15, -0.1) is 6.58 Å². The summed E-state index contributed by atoms with van der Waals surface area (Å²) in [6.07, 6.45) is 6.23. The van der Waals surface area contributed by atoms with Gasteiger partial charge in [0, 0.05) is 7.11 Å². The molecule has 1 nitrogen and oxygen atoms in total. The minimum Gasteiger partial charge on any atom is -0.377 e. The molecule has 0 N–H and O–H groups in total. The first-order valence-electron chi connectivity index (χ1n) is 4.48. The van der Waals surface area contributed by atoms with Gasteiger partial charge in [-0.25, -0.2) is 0 Å². The van der Waals surface area contributed by atoms with Gasteiger partial charge in [-0.2, -0.15) is 0 Å². The first kappa shape index (κ1) is 8.79. The third-order valence-electron chi connectivity index (χ3n) is 2.93. The second kappa shape index (κ2) is 3.91. The predicted octanol–water partition coefficient (Wildman–Crippen LogP) is 2.62. The minimum absolute atomic E-state index is 0.300. The summed E-state index contributed by atoms with van der Waals surface area (Å²) in [7, 11) is 1.78. The van der Waals surface area contributed by atoms with Gasteiger partial charge in [-0.05, 0) is 24.7 Å². The maximum atomic E-state index is 5.32. The molecule has 0 saturated heterocycles. The van der Waals surface area contributed by atoms with Crippen LogP contribution in [0.3, 0.4) is 0 Å². The van der Waals surface area contributed by atoms with Crippen LogP contribution >= 0.6 is 0 Å². The summed E-state index contributed by atoms with van der Waals surface area (Å²) in [4.78, 5) is 0. The molecule has 1 aliphatic carbocycles. The Balaban J connectivity index is 2.39. The molecule has 11 heavy (non-hydrogen) atoms. The third-order valence-corrected chi connectivity index (χ3v) is 2.93. The average molecular weight is 154 g/mol. The lowest BCUT2D eigenvalue weighted by molar-refractivity contribution is 0.00979. The van der Waals surface area contributed by atoms with Gasteiger partial charge in [0.1, 0.15) is 0 Å². The summed E-state index contributed by atoms with van der Waals surface area (Å²) in [5.74, 6) is 1.64. The van der Waals surface area contributed by atoms with Gasteiger partial charge in [0.25, 0.3) is 0 Å². The molecule has 1 saturated carbocycles. The summed E-state index contributed by atoms with van der Waals surface area (Å²) in [5, 5.41) is 0. The average Bonchev–Trinajstić information content (AvgIpc) is 1.98. The van der Waals surface area contributed by atoms with Crippen molar-refractivity contribution >= 4 is 0 Å². The fourth-order valence-electron chi connectivity index (χ4n) is 1.98. The van der Waals surface area contributed by atoms with E-state index in [1.807, 2.05) is 6.08 Å². The van der Waals surface area contributed by atoms with Crippen LogP contribution < -0.4 is 0 Å². The van der Waals surface area contributed by atoms with Crippen molar-refractivity contribution in [1.29, 1.82) is 0 Å². The van der Waals surface area contributed by atoms with Gasteiger partial charge in [0.2, 0.25) is 0 Å². The maximum absolute atomic E-state index is 5.32. The molecule has 0 unspecified atom stereocenters. The van der Waals surface area contributed by atoms with E-state index in [2.05, 4.69) is 13.5 Å². The number of hydrogen-bond acceptors (Lipinski definition) is 1. The second-order valence-corrected chi connectivity index (χ2v) is 3.35. The van der Waals surface area contributed by atoms with E-state index >= 15 is 0 Å². The topological polar surface area (TPSA) is 9.23 Å². The number of ether oxygens (including phenoxy) is 1. The van der Waals surface area contributed by atoms with E-state index in [0.717, 1.165) is 11.8 Å². The zero-order valence-corrected chi connectivity index (χ0v) is 7.55. The molecular weight excluding hydrogens is 136 g/mol. The zero-order chi connectivity index (χ0) is 8.27. The summed E-state index contributed by atoms with van der Waals surface area (Å²) in [6.45, 7) is 6.04. The molecule has 0 aromatic rings. The fraction of sp³-hybridized carbons (Fsp3) is 0.800. The Hall–Kier alpha value is -0.300. The highest BCUT2D eigenvalue weighted by molar-refractivity contribution is 4.94. The Morgan fingerprint density at radius 3 is 2.64 bits per heavy atom. The van der Waals surface area contributed by atoms with Crippen molar-refractivity contribution in [3.63, 3.8) is 0 Å². The van der Waals surface area contributed by atoms with E-state index in [0.29, 0.717) is 6.10 Å². The van der Waals surface area contributed by atoms with Crippen LogP contribution in [0.25, 0.3) is 0 Å². The van der Waals surface area contributed by atoms with Gasteiger partial charge in [0.15, 0.2) is 0 Å². The second-order valence-electron chi connectivity index (χ2n) is 3.35. The van der Waals surface area contributed by atoms with E-state index in [-0.39, 0.29) is 0 Å². The lowest BCUT2D eigenvalue weighted by Gasteiger charge is -2.39. The molecular formula is C10H18O. The number of methoxy groups -OCH3 is 1. The zero-order valence-electron chi connectivity index (χ0n) is 7.55. The van der Waals surface area contributed by atoms with E-state index < -0.39 is 0 Å². The smallest absolute Gasteiger partial charge is 0.0780 e. The van der Waals surface area contributed by atoms with Crippen molar-refractivity contribution in [2.24, 2.45) is 11.8 Å². The van der Waals surface area contributed by atoms with Crippen LogP contribution in [0, 0.1) is 11.8 Å². The summed E-state index contributed by atoms with van der Waals surface area (Å²) < 4.78 is 5.32. The molecule has 1 aliphatic rings. The van der Waals surface area contributed by atoms with Crippen molar-refractivity contribution in [2.45, 2.75) is 32.3 Å². The Morgan fingerprint density at radius 1 is 1.64 bits per heavy atom. The van der Waals surface area contributed by atoms with E-state index in [9.17, 15) is 0 Å². The van der Waals surface area contributed by atoms with Crippen molar-refractivity contribution in [2.75, 3.05) is 7.11 Å². The minimum atomic E-state index is 0.300. The van der Waals surface area contributed by atoms with Crippen LogP contribution in [0.4, 0.5) is 0 Å². The molecule has 64 valence electrons. The molecule has 0 amide bonds. The van der Waals surface area contributed by atoms with Gasteiger partial charge < -0.3 is 4.74 Å². The molecule has 0 aromatic heterocycles. The largest absolute Gasteiger partial charge is 0.377 e. The standard InChI is InChI=1S/C10H18O/c1-4-8-6-7-9(8)10(5-2)11-3/h5,8-10H,2,4,6-7H2,1,3H3/t8-,9-,10+/m1/s1. The predicted molar refractivity (Wildman–Crippen MR) is 47.5 cm³/mol. The fourth-order valence-corrected chi connectivity index (χ4v) is 1.98. The van der Waals surface area contributed by atoms with Crippen molar-refractivity contribution < 1.29 is 4.74 Å². The third kappa shape index (κ3) is 1.64. The molecule has 0 aromatic carbocycles. The van der Waals surface area contributed by atoms with E-state index in [1.54, 1.807) is 7.11 Å². The van der Waals surface area contributed by atoms with Gasteiger partial charge in [0.05, 0.1) is 6.10 Å². The Morgan fingerprint density at radius 2 is 2.36 bits per heavy atom. The molecule has 1 heteroatoms. The van der Waals surface area contributed by atoms with E-state index in [4.69, 9.17) is 4.74 Å². The van der Waals surface area contributed by atoms with Crippen LogP contribution in [0.1, 0.15) is 26.2 Å². The first-order chi connectivity index (χ1) is 5.33. The lowest BCUT2D eigenvalue weighted by atomic mass is 9.69. The first-order valence-corrected chi connectivity index (χ1v) is 4.48. The molecule has 0 bridgehead atoms. The van der Waals surface area contributed by atoms with Crippen molar-refractivity contribution in [1.82, 2.24) is 0 Å². The molecule has 3 atom stereocenters. The lowest BCUT2D eigenvalue weighted by Crippen LogP contribution is -2.35. The van der Waals surface area contributed by atoms with Crippen LogP contribution in [-0.2, 0) is 4.74 Å². The quantitative estimate of drug-likeness (QED) is 0.566. The Labute approximate surface area is 69.4 Å². The highest BCUT2D eigenvalue weighted by atomic mass is 16.5. The summed E-state index contributed by atoms with van der Waals surface area (Å²) in [6, 6.07) is 0. The molecule has 0 aliphatic heterocycles. The number of hydrogen-bond donors (Lipinski definition) is 0. The molecule has 1 fully saturated rings. The van der Waals surface area contributed by atoms with Gasteiger partial charge in [-0.3, -0.25) is 0 Å². The van der Waals surface area contributed by atoms with Crippen LogP contribution in [0.2, 0.25) is 0 Å². The maximum Gasteiger partial charge on any atom is 0.0780 e. The summed E-state index contributed by atoms with van der Waals surface area (Å²) >= 11 is 0. The van der Waals surface area contributed by atoms with Crippen LogP contribution in [-0.4, -0.2) is 13.2 Å². The van der Waals surface area contributed by atoms with Crippen molar-refractivity contribution in [3.05, 3.63) is 12.7 Å². The molecule has 0 heterocycles. The summed E-state index contributed by atoms with van der Waals surface area (Å²) in [5.41, 5.74) is 0. The molecule has 0 radical (unpaired) electrons. The Kier molecular flexibility index (Phi) is 3.13. The molecule has 0 spiro atoms. The monoisotopic (exact) mass is 154 g/mol. The van der Waals surface area contributed by atoms with E-state index in [1.165, 1.54) is 19.3 Å². The SMILES string of the molecule is C=C[C@H](OC)[C@@H]1CC[C@H]1CC. The number of rotatable bonds is 4. The van der Waals surface area contributed by atoms with Gasteiger partial charge >= 0.3 is 0 Å². The molecule has 1 rings (SSSR count). The Bertz CT molecular complexity index is 129.